The van der Waals surface area contributed by atoms with Crippen molar-refractivity contribution in [3.05, 3.63) is 35.5 Å². The van der Waals surface area contributed by atoms with Crippen molar-refractivity contribution in [2.45, 2.75) is 25.4 Å². The number of likely N-dealkylation sites (N-methyl/N-ethyl adjacent to an activating group) is 2. The molecule has 0 radical (unpaired) electrons. The van der Waals surface area contributed by atoms with E-state index < -0.39 is 6.04 Å². The average Bonchev–Trinajstić information content (AvgIpc) is 3.08. The zero-order valence-electron chi connectivity index (χ0n) is 14.3. The first-order valence-electron chi connectivity index (χ1n) is 8.38. The highest BCUT2D eigenvalue weighted by Gasteiger charge is 2.42. The molecule has 1 N–H and O–H groups in total. The molecule has 1 saturated heterocycles. The van der Waals surface area contributed by atoms with Crippen LogP contribution < -0.4 is 0 Å². The van der Waals surface area contributed by atoms with Crippen LogP contribution in [-0.2, 0) is 22.6 Å². The number of imide groups is 1. The van der Waals surface area contributed by atoms with E-state index in [0.29, 0.717) is 13.1 Å². The number of nitrogens with zero attached hydrogens (tertiary/aromatic N) is 3. The Balaban J connectivity index is 1.51. The van der Waals surface area contributed by atoms with Gasteiger partial charge in [0.2, 0.25) is 5.91 Å². The van der Waals surface area contributed by atoms with Crippen LogP contribution in [0.5, 0.6) is 0 Å². The molecule has 0 bridgehead atoms. The van der Waals surface area contributed by atoms with Gasteiger partial charge in [0, 0.05) is 37.2 Å². The maximum Gasteiger partial charge on any atom is 0.326 e. The van der Waals surface area contributed by atoms with Crippen LogP contribution >= 0.6 is 0 Å². The lowest BCUT2D eigenvalue weighted by Crippen LogP contribution is -2.41. The van der Waals surface area contributed by atoms with E-state index in [1.807, 2.05) is 18.2 Å². The van der Waals surface area contributed by atoms with Crippen molar-refractivity contribution in [2.24, 2.45) is 0 Å². The molecule has 1 unspecified atom stereocenters. The zero-order chi connectivity index (χ0) is 17.7. The number of para-hydroxylation sites is 1. The lowest BCUT2D eigenvalue weighted by atomic mass is 10.0. The second-order valence-electron chi connectivity index (χ2n) is 6.70. The van der Waals surface area contributed by atoms with Crippen molar-refractivity contribution in [3.8, 4) is 0 Å². The molecule has 2 aromatic rings. The second-order valence-corrected chi connectivity index (χ2v) is 6.70. The van der Waals surface area contributed by atoms with Crippen LogP contribution in [0.1, 0.15) is 17.7 Å². The van der Waals surface area contributed by atoms with E-state index in [9.17, 15) is 14.4 Å². The van der Waals surface area contributed by atoms with E-state index in [4.69, 9.17) is 0 Å². The summed E-state index contributed by atoms with van der Waals surface area (Å²) in [7, 11) is 3.01. The van der Waals surface area contributed by atoms with Crippen molar-refractivity contribution in [3.63, 3.8) is 0 Å². The van der Waals surface area contributed by atoms with Gasteiger partial charge in [-0.3, -0.25) is 14.5 Å². The van der Waals surface area contributed by atoms with Gasteiger partial charge in [0.15, 0.2) is 0 Å². The minimum absolute atomic E-state index is 0.0287. The summed E-state index contributed by atoms with van der Waals surface area (Å²) in [5, 5.41) is 1.21. The summed E-state index contributed by atoms with van der Waals surface area (Å²) >= 11 is 0. The van der Waals surface area contributed by atoms with Crippen molar-refractivity contribution < 1.29 is 14.4 Å². The number of aromatic nitrogens is 1. The Bertz CT molecular complexity index is 888. The smallest absolute Gasteiger partial charge is 0.326 e. The van der Waals surface area contributed by atoms with Gasteiger partial charge in [-0.15, -0.1) is 0 Å². The Morgan fingerprint density at radius 2 is 2.00 bits per heavy atom. The molecule has 2 aliphatic rings. The van der Waals surface area contributed by atoms with Crippen molar-refractivity contribution in [2.75, 3.05) is 20.6 Å². The van der Waals surface area contributed by atoms with Crippen molar-refractivity contribution in [1.29, 1.82) is 0 Å². The molecule has 130 valence electrons. The van der Waals surface area contributed by atoms with Gasteiger partial charge in [0.25, 0.3) is 5.91 Å². The summed E-state index contributed by atoms with van der Waals surface area (Å²) in [4.78, 5) is 44.3. The number of hydrogen-bond donors (Lipinski definition) is 1. The van der Waals surface area contributed by atoms with Gasteiger partial charge in [0.1, 0.15) is 6.04 Å². The number of aromatic amines is 1. The van der Waals surface area contributed by atoms with Gasteiger partial charge in [-0.1, -0.05) is 18.2 Å². The third-order valence-corrected chi connectivity index (χ3v) is 5.28. The summed E-state index contributed by atoms with van der Waals surface area (Å²) in [5.41, 5.74) is 3.41. The molecule has 0 spiro atoms. The van der Waals surface area contributed by atoms with Crippen LogP contribution in [0.3, 0.4) is 0 Å². The highest BCUT2D eigenvalue weighted by molar-refractivity contribution is 6.05. The molecule has 4 amide bonds. The quantitative estimate of drug-likeness (QED) is 0.838. The fourth-order valence-electron chi connectivity index (χ4n) is 3.78. The molecule has 0 aliphatic carbocycles. The van der Waals surface area contributed by atoms with E-state index in [1.165, 1.54) is 22.9 Å². The molecule has 25 heavy (non-hydrogen) atoms. The average molecular weight is 340 g/mol. The summed E-state index contributed by atoms with van der Waals surface area (Å²) < 4.78 is 0. The van der Waals surface area contributed by atoms with E-state index >= 15 is 0 Å². The van der Waals surface area contributed by atoms with Gasteiger partial charge >= 0.3 is 6.03 Å². The van der Waals surface area contributed by atoms with E-state index in [1.54, 1.807) is 11.9 Å². The molecular weight excluding hydrogens is 320 g/mol. The van der Waals surface area contributed by atoms with Gasteiger partial charge < -0.3 is 14.8 Å². The molecule has 1 aromatic heterocycles. The number of carbonyl (C=O) groups excluding carboxylic acids is 3. The van der Waals surface area contributed by atoms with E-state index in [0.717, 1.165) is 22.5 Å². The number of rotatable bonds is 2. The number of nitrogens with one attached hydrogen (secondary N) is 1. The van der Waals surface area contributed by atoms with E-state index in [-0.39, 0.29) is 24.3 Å². The Morgan fingerprint density at radius 3 is 2.72 bits per heavy atom. The Labute approximate surface area is 145 Å². The molecule has 7 nitrogen and oxygen atoms in total. The number of carbonyl (C=O) groups is 3. The standard InChI is InChI=1S/C18H20N4O3/c1-20-15(17(24)21(2)18(20)25)9-16(23)22-8-7-12-11-5-3-4-6-13(11)19-14(12)10-22/h3-6,15,19H,7-10H2,1-2H3. The molecule has 3 heterocycles. The molecule has 1 aromatic carbocycles. The highest BCUT2D eigenvalue weighted by Crippen LogP contribution is 2.28. The molecule has 1 atom stereocenters. The van der Waals surface area contributed by atoms with E-state index in [2.05, 4.69) is 11.1 Å². The lowest BCUT2D eigenvalue weighted by molar-refractivity contribution is -0.137. The number of amides is 4. The normalized spacial score (nSPS) is 20.6. The topological polar surface area (TPSA) is 76.7 Å². The summed E-state index contributed by atoms with van der Waals surface area (Å²) in [6, 6.07) is 7.07. The first kappa shape index (κ1) is 15.7. The Kier molecular flexibility index (Phi) is 3.52. The Hall–Kier alpha value is -2.83. The molecule has 0 saturated carbocycles. The number of fused-ring (bicyclic) bond motifs is 3. The predicted molar refractivity (Wildman–Crippen MR) is 91.8 cm³/mol. The molecule has 2 aliphatic heterocycles. The van der Waals surface area contributed by atoms with Crippen LogP contribution in [0.25, 0.3) is 10.9 Å². The van der Waals surface area contributed by atoms with Crippen LogP contribution in [-0.4, -0.2) is 64.2 Å². The fourth-order valence-corrected chi connectivity index (χ4v) is 3.78. The minimum Gasteiger partial charge on any atom is -0.357 e. The third kappa shape index (κ3) is 2.38. The molecular formula is C18H20N4O3. The Morgan fingerprint density at radius 1 is 1.24 bits per heavy atom. The predicted octanol–water partition coefficient (Wildman–Crippen LogP) is 1.34. The van der Waals surface area contributed by atoms with Gasteiger partial charge in [-0.2, -0.15) is 0 Å². The van der Waals surface area contributed by atoms with Crippen LogP contribution in [0.15, 0.2) is 24.3 Å². The van der Waals surface area contributed by atoms with Gasteiger partial charge in [-0.25, -0.2) is 4.79 Å². The van der Waals surface area contributed by atoms with Crippen molar-refractivity contribution >= 4 is 28.7 Å². The summed E-state index contributed by atoms with van der Waals surface area (Å²) in [6.45, 7) is 1.14. The number of benzene rings is 1. The summed E-state index contributed by atoms with van der Waals surface area (Å²) in [5.74, 6) is -0.415. The van der Waals surface area contributed by atoms with Crippen LogP contribution in [0.2, 0.25) is 0 Å². The molecule has 7 heteroatoms. The van der Waals surface area contributed by atoms with Crippen LogP contribution in [0.4, 0.5) is 4.79 Å². The SMILES string of the molecule is CN1C(=O)C(CC(=O)N2CCc3c([nH]c4ccccc34)C2)N(C)C1=O. The van der Waals surface area contributed by atoms with Crippen molar-refractivity contribution in [1.82, 2.24) is 19.7 Å². The maximum absolute atomic E-state index is 12.7. The monoisotopic (exact) mass is 340 g/mol. The third-order valence-electron chi connectivity index (χ3n) is 5.28. The first-order valence-corrected chi connectivity index (χ1v) is 8.38. The fraction of sp³-hybridized carbons (Fsp3) is 0.389. The van der Waals surface area contributed by atoms with Gasteiger partial charge in [-0.05, 0) is 18.1 Å². The summed E-state index contributed by atoms with van der Waals surface area (Å²) in [6.07, 6.45) is 0.819. The van der Waals surface area contributed by atoms with Gasteiger partial charge in [0.05, 0.1) is 13.0 Å². The maximum atomic E-state index is 12.7. The second kappa shape index (κ2) is 5.61. The highest BCUT2D eigenvalue weighted by atomic mass is 16.2. The number of H-pyrrole nitrogens is 1. The largest absolute Gasteiger partial charge is 0.357 e. The number of urea groups is 1. The molecule has 1 fully saturated rings. The molecule has 4 rings (SSSR count). The van der Waals surface area contributed by atoms with Crippen LogP contribution in [0, 0.1) is 0 Å². The zero-order valence-corrected chi connectivity index (χ0v) is 14.3. The lowest BCUT2D eigenvalue weighted by Gasteiger charge is -2.28. The number of hydrogen-bond acceptors (Lipinski definition) is 3. The minimum atomic E-state index is -0.700. The first-order chi connectivity index (χ1) is 12.0.